The van der Waals surface area contributed by atoms with Gasteiger partial charge in [0, 0.05) is 21.3 Å². The van der Waals surface area contributed by atoms with Crippen molar-refractivity contribution in [1.82, 2.24) is 10.1 Å². The Balaban J connectivity index is 1.99. The Hall–Kier alpha value is -2.21. The largest absolute Gasteiger partial charge is 0.398 e. The molecule has 0 aliphatic rings. The molecular formula is C15H11BrFN3O. The molecule has 0 spiro atoms. The molecule has 0 aliphatic carbocycles. The van der Waals surface area contributed by atoms with E-state index in [1.54, 1.807) is 31.2 Å². The van der Waals surface area contributed by atoms with Crippen LogP contribution in [0, 0.1) is 12.7 Å². The first kappa shape index (κ1) is 13.8. The smallest absolute Gasteiger partial charge is 0.258 e. The first-order valence-electron chi connectivity index (χ1n) is 6.20. The summed E-state index contributed by atoms with van der Waals surface area (Å²) in [4.78, 5) is 4.28. The van der Waals surface area contributed by atoms with Crippen LogP contribution in [0.5, 0.6) is 0 Å². The van der Waals surface area contributed by atoms with E-state index in [-0.39, 0.29) is 5.82 Å². The normalized spacial score (nSPS) is 10.8. The van der Waals surface area contributed by atoms with Crippen molar-refractivity contribution in [3.8, 4) is 22.8 Å². The number of hydrogen-bond donors (Lipinski definition) is 1. The molecule has 0 bridgehead atoms. The van der Waals surface area contributed by atoms with Gasteiger partial charge >= 0.3 is 0 Å². The molecule has 4 nitrogen and oxygen atoms in total. The predicted molar refractivity (Wildman–Crippen MR) is 82.0 cm³/mol. The van der Waals surface area contributed by atoms with E-state index in [9.17, 15) is 4.39 Å². The maximum Gasteiger partial charge on any atom is 0.258 e. The molecule has 0 saturated carbocycles. The second kappa shape index (κ2) is 5.29. The fraction of sp³-hybridized carbons (Fsp3) is 0.0667. The Morgan fingerprint density at radius 1 is 1.14 bits per heavy atom. The van der Waals surface area contributed by atoms with Crippen molar-refractivity contribution in [3.05, 3.63) is 52.3 Å². The molecule has 2 aromatic carbocycles. The van der Waals surface area contributed by atoms with Crippen molar-refractivity contribution < 1.29 is 8.91 Å². The van der Waals surface area contributed by atoms with E-state index >= 15 is 0 Å². The topological polar surface area (TPSA) is 64.9 Å². The number of nitrogen functional groups attached to an aromatic ring is 1. The molecule has 1 heterocycles. The summed E-state index contributed by atoms with van der Waals surface area (Å²) in [5.74, 6) is 0.377. The van der Waals surface area contributed by atoms with Crippen molar-refractivity contribution in [2.75, 3.05) is 5.73 Å². The fourth-order valence-corrected chi connectivity index (χ4v) is 2.11. The van der Waals surface area contributed by atoms with E-state index in [4.69, 9.17) is 10.3 Å². The molecule has 2 N–H and O–H groups in total. The first-order valence-corrected chi connectivity index (χ1v) is 6.99. The molecule has 0 fully saturated rings. The summed E-state index contributed by atoms with van der Waals surface area (Å²) in [6, 6.07) is 10.2. The van der Waals surface area contributed by atoms with Gasteiger partial charge in [-0.25, -0.2) is 4.39 Å². The SMILES string of the molecule is Cc1ccc(-c2noc(-c3ccc(Br)c(N)c3)n2)cc1F. The third kappa shape index (κ3) is 2.67. The third-order valence-electron chi connectivity index (χ3n) is 3.10. The molecular weight excluding hydrogens is 337 g/mol. The van der Waals surface area contributed by atoms with Gasteiger partial charge in [0.1, 0.15) is 5.82 Å². The number of hydrogen-bond acceptors (Lipinski definition) is 4. The number of nitrogens with zero attached hydrogens (tertiary/aromatic N) is 2. The van der Waals surface area contributed by atoms with Gasteiger partial charge in [0.2, 0.25) is 5.82 Å². The maximum atomic E-state index is 13.6. The standard InChI is InChI=1S/C15H11BrFN3O/c1-8-2-3-9(6-12(8)17)14-19-15(21-20-14)10-4-5-11(16)13(18)7-10/h2-7H,18H2,1H3. The quantitative estimate of drug-likeness (QED) is 0.705. The summed E-state index contributed by atoms with van der Waals surface area (Å²) in [6.45, 7) is 1.70. The van der Waals surface area contributed by atoms with E-state index in [0.29, 0.717) is 34.1 Å². The molecule has 0 saturated heterocycles. The molecule has 0 amide bonds. The molecule has 21 heavy (non-hydrogen) atoms. The van der Waals surface area contributed by atoms with Crippen LogP contribution >= 0.6 is 15.9 Å². The Kier molecular flexibility index (Phi) is 3.47. The highest BCUT2D eigenvalue weighted by Gasteiger charge is 2.12. The molecule has 0 radical (unpaired) electrons. The van der Waals surface area contributed by atoms with Crippen LogP contribution in [0.2, 0.25) is 0 Å². The van der Waals surface area contributed by atoms with E-state index in [0.717, 1.165) is 4.47 Å². The summed E-state index contributed by atoms with van der Waals surface area (Å²) in [5.41, 5.74) is 8.25. The minimum Gasteiger partial charge on any atom is -0.398 e. The zero-order valence-electron chi connectivity index (χ0n) is 11.1. The second-order valence-electron chi connectivity index (χ2n) is 4.62. The summed E-state index contributed by atoms with van der Waals surface area (Å²) in [6.07, 6.45) is 0. The number of aryl methyl sites for hydroxylation is 1. The summed E-state index contributed by atoms with van der Waals surface area (Å²) in [5, 5.41) is 3.88. The van der Waals surface area contributed by atoms with Gasteiger partial charge in [-0.15, -0.1) is 0 Å². The highest BCUT2D eigenvalue weighted by Crippen LogP contribution is 2.28. The van der Waals surface area contributed by atoms with E-state index in [1.165, 1.54) is 6.07 Å². The lowest BCUT2D eigenvalue weighted by Crippen LogP contribution is -1.88. The minimum atomic E-state index is -0.299. The molecule has 3 aromatic rings. The number of anilines is 1. The number of benzene rings is 2. The van der Waals surface area contributed by atoms with Crippen LogP contribution in [0.4, 0.5) is 10.1 Å². The average Bonchev–Trinajstić information content (AvgIpc) is 2.94. The maximum absolute atomic E-state index is 13.6. The van der Waals surface area contributed by atoms with Gasteiger partial charge in [0.15, 0.2) is 0 Å². The lowest BCUT2D eigenvalue weighted by Gasteiger charge is -1.99. The average molecular weight is 348 g/mol. The van der Waals surface area contributed by atoms with Crippen LogP contribution in [-0.2, 0) is 0 Å². The van der Waals surface area contributed by atoms with Crippen LogP contribution in [0.1, 0.15) is 5.56 Å². The predicted octanol–water partition coefficient (Wildman–Crippen LogP) is 4.20. The molecule has 0 aliphatic heterocycles. The summed E-state index contributed by atoms with van der Waals surface area (Å²) in [7, 11) is 0. The van der Waals surface area contributed by atoms with E-state index in [1.807, 2.05) is 6.07 Å². The molecule has 0 atom stereocenters. The zero-order valence-corrected chi connectivity index (χ0v) is 12.7. The lowest BCUT2D eigenvalue weighted by atomic mass is 10.1. The van der Waals surface area contributed by atoms with Crippen LogP contribution < -0.4 is 5.73 Å². The van der Waals surface area contributed by atoms with Crippen molar-refractivity contribution >= 4 is 21.6 Å². The number of rotatable bonds is 2. The van der Waals surface area contributed by atoms with Gasteiger partial charge in [-0.05, 0) is 52.7 Å². The Labute approximate surface area is 128 Å². The number of halogens is 2. The molecule has 3 rings (SSSR count). The van der Waals surface area contributed by atoms with Gasteiger partial charge in [-0.2, -0.15) is 4.98 Å². The zero-order chi connectivity index (χ0) is 15.0. The monoisotopic (exact) mass is 347 g/mol. The highest BCUT2D eigenvalue weighted by atomic mass is 79.9. The van der Waals surface area contributed by atoms with Gasteiger partial charge in [-0.1, -0.05) is 17.3 Å². The van der Waals surface area contributed by atoms with Crippen LogP contribution in [0.15, 0.2) is 45.4 Å². The Morgan fingerprint density at radius 2 is 1.90 bits per heavy atom. The van der Waals surface area contributed by atoms with Gasteiger partial charge in [0.25, 0.3) is 5.89 Å². The highest BCUT2D eigenvalue weighted by molar-refractivity contribution is 9.10. The van der Waals surface area contributed by atoms with Crippen LogP contribution in [0.25, 0.3) is 22.8 Å². The minimum absolute atomic E-state index is 0.299. The lowest BCUT2D eigenvalue weighted by molar-refractivity contribution is 0.432. The van der Waals surface area contributed by atoms with E-state index in [2.05, 4.69) is 26.1 Å². The van der Waals surface area contributed by atoms with Gasteiger partial charge < -0.3 is 10.3 Å². The summed E-state index contributed by atoms with van der Waals surface area (Å²) < 4.78 is 19.6. The van der Waals surface area contributed by atoms with Crippen molar-refractivity contribution in [2.24, 2.45) is 0 Å². The summed E-state index contributed by atoms with van der Waals surface area (Å²) >= 11 is 3.33. The third-order valence-corrected chi connectivity index (χ3v) is 3.82. The molecule has 106 valence electrons. The van der Waals surface area contributed by atoms with E-state index < -0.39 is 0 Å². The molecule has 6 heteroatoms. The van der Waals surface area contributed by atoms with Gasteiger partial charge in [0.05, 0.1) is 0 Å². The van der Waals surface area contributed by atoms with Crippen molar-refractivity contribution in [1.29, 1.82) is 0 Å². The first-order chi connectivity index (χ1) is 10.0. The van der Waals surface area contributed by atoms with Crippen molar-refractivity contribution in [2.45, 2.75) is 6.92 Å². The van der Waals surface area contributed by atoms with Crippen molar-refractivity contribution in [3.63, 3.8) is 0 Å². The number of nitrogens with two attached hydrogens (primary N) is 1. The second-order valence-corrected chi connectivity index (χ2v) is 5.48. The Morgan fingerprint density at radius 3 is 2.62 bits per heavy atom. The van der Waals surface area contributed by atoms with Gasteiger partial charge in [-0.3, -0.25) is 0 Å². The van der Waals surface area contributed by atoms with Crippen LogP contribution in [0.3, 0.4) is 0 Å². The molecule has 1 aromatic heterocycles. The molecule has 0 unspecified atom stereocenters. The number of aromatic nitrogens is 2. The fourth-order valence-electron chi connectivity index (χ4n) is 1.87. The van der Waals surface area contributed by atoms with Crippen LogP contribution in [-0.4, -0.2) is 10.1 Å². The Bertz CT molecular complexity index is 750.